The largest absolute Gasteiger partial charge is 0.239 e. The van der Waals surface area contributed by atoms with Gasteiger partial charge in [-0.1, -0.05) is 0 Å². The molecule has 4 rings (SSSR count). The Hall–Kier alpha value is -2.76. The number of hydrogen-bond donors (Lipinski definition) is 0. The van der Waals surface area contributed by atoms with Gasteiger partial charge in [0.05, 0.1) is 34.3 Å². The van der Waals surface area contributed by atoms with E-state index in [1.807, 2.05) is 42.9 Å². The van der Waals surface area contributed by atoms with E-state index in [-0.39, 0.29) is 0 Å². The van der Waals surface area contributed by atoms with Gasteiger partial charge in [0.25, 0.3) is 0 Å². The molecule has 0 atom stereocenters. The number of aromatic nitrogens is 6. The van der Waals surface area contributed by atoms with Gasteiger partial charge in [-0.25, -0.2) is 19.0 Å². The van der Waals surface area contributed by atoms with Gasteiger partial charge in [-0.2, -0.15) is 10.2 Å². The second-order valence-electron chi connectivity index (χ2n) is 6.90. The van der Waals surface area contributed by atoms with Crippen LogP contribution in [-0.2, 0) is 0 Å². The Morgan fingerprint density at radius 3 is 1.96 bits per heavy atom. The maximum atomic E-state index is 4.45. The molecule has 0 unspecified atom stereocenters. The Bertz CT molecular complexity index is 1120. The van der Waals surface area contributed by atoms with Crippen molar-refractivity contribution in [2.45, 2.75) is 55.4 Å². The molecule has 0 aromatic carbocycles. The van der Waals surface area contributed by atoms with Crippen LogP contribution in [0.4, 0.5) is 0 Å². The van der Waals surface area contributed by atoms with Crippen molar-refractivity contribution in [3.63, 3.8) is 0 Å². The molecule has 0 saturated heterocycles. The van der Waals surface area contributed by atoms with Crippen LogP contribution in [0.5, 0.6) is 0 Å². The van der Waals surface area contributed by atoms with Crippen molar-refractivity contribution >= 4 is 11.0 Å². The minimum Gasteiger partial charge on any atom is -0.239 e. The van der Waals surface area contributed by atoms with E-state index in [4.69, 9.17) is 0 Å². The molecule has 0 aliphatic rings. The lowest BCUT2D eigenvalue weighted by Crippen LogP contribution is -2.01. The predicted molar refractivity (Wildman–Crippen MR) is 104 cm³/mol. The molecule has 0 spiro atoms. The van der Waals surface area contributed by atoms with Gasteiger partial charge >= 0.3 is 0 Å². The molecule has 4 heterocycles. The van der Waals surface area contributed by atoms with E-state index in [9.17, 15) is 0 Å². The van der Waals surface area contributed by atoms with Crippen molar-refractivity contribution in [1.29, 1.82) is 0 Å². The highest BCUT2D eigenvalue weighted by atomic mass is 15.3. The highest BCUT2D eigenvalue weighted by Gasteiger charge is 2.09. The molecule has 0 amide bonds. The lowest BCUT2D eigenvalue weighted by molar-refractivity contribution is 0.838. The summed E-state index contributed by atoms with van der Waals surface area (Å²) < 4.78 is 3.75. The second-order valence-corrected chi connectivity index (χ2v) is 6.90. The third-order valence-corrected chi connectivity index (χ3v) is 5.30. The maximum absolute atomic E-state index is 4.45. The van der Waals surface area contributed by atoms with Crippen molar-refractivity contribution in [3.05, 3.63) is 57.7 Å². The standard InChI is InChI=1S/2C10H13N3/c1-6-7(2)10-9(4)11-5-13(10)12-8(6)3;1-6-7(2)10-5-11-9(4)13(10)12-8(6)3/h2*5H,1-4H3. The normalized spacial score (nSPS) is 11.1. The van der Waals surface area contributed by atoms with Crippen LogP contribution < -0.4 is 0 Å². The summed E-state index contributed by atoms with van der Waals surface area (Å²) in [6.07, 6.45) is 3.65. The van der Waals surface area contributed by atoms with Gasteiger partial charge in [-0.3, -0.25) is 0 Å². The molecule has 136 valence electrons. The van der Waals surface area contributed by atoms with E-state index in [2.05, 4.69) is 47.9 Å². The summed E-state index contributed by atoms with van der Waals surface area (Å²) >= 11 is 0. The van der Waals surface area contributed by atoms with E-state index in [0.29, 0.717) is 0 Å². The van der Waals surface area contributed by atoms with E-state index < -0.39 is 0 Å². The lowest BCUT2D eigenvalue weighted by Gasteiger charge is -2.06. The van der Waals surface area contributed by atoms with Crippen LogP contribution in [0, 0.1) is 55.4 Å². The molecule has 0 aliphatic carbocycles. The van der Waals surface area contributed by atoms with Gasteiger partial charge in [-0.05, 0) is 77.6 Å². The first-order valence-electron chi connectivity index (χ1n) is 8.78. The summed E-state index contributed by atoms with van der Waals surface area (Å²) in [4.78, 5) is 8.48. The number of nitrogens with zero attached hydrogens (tertiary/aromatic N) is 6. The van der Waals surface area contributed by atoms with E-state index in [0.717, 1.165) is 33.9 Å². The second kappa shape index (κ2) is 6.52. The monoisotopic (exact) mass is 350 g/mol. The van der Waals surface area contributed by atoms with Gasteiger partial charge < -0.3 is 0 Å². The third-order valence-electron chi connectivity index (χ3n) is 5.30. The maximum Gasteiger partial charge on any atom is 0.127 e. The van der Waals surface area contributed by atoms with Gasteiger partial charge in [0.1, 0.15) is 12.2 Å². The first-order chi connectivity index (χ1) is 12.2. The van der Waals surface area contributed by atoms with Crippen LogP contribution in [0.3, 0.4) is 0 Å². The van der Waals surface area contributed by atoms with Crippen molar-refractivity contribution in [2.75, 3.05) is 0 Å². The first-order valence-corrected chi connectivity index (χ1v) is 8.78. The molecule has 0 aliphatic heterocycles. The van der Waals surface area contributed by atoms with Crippen LogP contribution in [0.25, 0.3) is 11.0 Å². The highest BCUT2D eigenvalue weighted by molar-refractivity contribution is 5.60. The summed E-state index contributed by atoms with van der Waals surface area (Å²) in [6, 6.07) is 0. The number of hydrogen-bond acceptors (Lipinski definition) is 4. The Balaban J connectivity index is 0.000000151. The van der Waals surface area contributed by atoms with Gasteiger partial charge in [-0.15, -0.1) is 0 Å². The zero-order valence-corrected chi connectivity index (χ0v) is 16.8. The lowest BCUT2D eigenvalue weighted by atomic mass is 10.1. The van der Waals surface area contributed by atoms with Gasteiger partial charge in [0, 0.05) is 0 Å². The summed E-state index contributed by atoms with van der Waals surface area (Å²) in [5.74, 6) is 0.946. The molecule has 4 aromatic heterocycles. The Morgan fingerprint density at radius 1 is 0.654 bits per heavy atom. The van der Waals surface area contributed by atoms with Crippen LogP contribution in [0.15, 0.2) is 12.5 Å². The van der Waals surface area contributed by atoms with E-state index in [1.165, 1.54) is 22.3 Å². The minimum absolute atomic E-state index is 0.946. The Kier molecular flexibility index (Phi) is 4.52. The molecule has 4 aromatic rings. The van der Waals surface area contributed by atoms with Crippen molar-refractivity contribution < 1.29 is 0 Å². The summed E-state index contributed by atoms with van der Waals surface area (Å²) in [5, 5.41) is 8.86. The predicted octanol–water partition coefficient (Wildman–Crippen LogP) is 3.93. The molecular formula is C20H26N6. The topological polar surface area (TPSA) is 60.4 Å². The third kappa shape index (κ3) is 2.85. The van der Waals surface area contributed by atoms with Crippen LogP contribution in [0.2, 0.25) is 0 Å². The van der Waals surface area contributed by atoms with Crippen molar-refractivity contribution in [3.8, 4) is 0 Å². The fraction of sp³-hybridized carbons (Fsp3) is 0.400. The Labute approximate surface area is 153 Å². The van der Waals surface area contributed by atoms with Crippen LogP contribution in [-0.4, -0.2) is 29.2 Å². The minimum atomic E-state index is 0.946. The number of fused-ring (bicyclic) bond motifs is 2. The van der Waals surface area contributed by atoms with Crippen molar-refractivity contribution in [1.82, 2.24) is 29.2 Å². The number of aryl methyl sites for hydroxylation is 6. The molecule has 0 bridgehead atoms. The molecule has 0 saturated carbocycles. The highest BCUT2D eigenvalue weighted by Crippen LogP contribution is 2.18. The SMILES string of the molecule is Cc1nn2c(C)ncc2c(C)c1C.Cc1nn2cnc(C)c2c(C)c1C. The van der Waals surface area contributed by atoms with Crippen molar-refractivity contribution in [2.24, 2.45) is 0 Å². The average molecular weight is 350 g/mol. The molecule has 0 N–H and O–H groups in total. The summed E-state index contributed by atoms with van der Waals surface area (Å²) in [5.41, 5.74) is 10.5. The summed E-state index contributed by atoms with van der Waals surface area (Å²) in [6.45, 7) is 16.5. The van der Waals surface area contributed by atoms with Gasteiger partial charge in [0.2, 0.25) is 0 Å². The number of imidazole rings is 2. The molecule has 0 fully saturated rings. The zero-order valence-electron chi connectivity index (χ0n) is 16.8. The fourth-order valence-electron chi connectivity index (χ4n) is 3.14. The fourth-order valence-corrected chi connectivity index (χ4v) is 3.14. The number of rotatable bonds is 0. The van der Waals surface area contributed by atoms with Crippen LogP contribution >= 0.6 is 0 Å². The zero-order chi connectivity index (χ0) is 19.2. The molecular weight excluding hydrogens is 324 g/mol. The van der Waals surface area contributed by atoms with Crippen LogP contribution in [0.1, 0.15) is 45.2 Å². The summed E-state index contributed by atoms with van der Waals surface area (Å²) in [7, 11) is 0. The Morgan fingerprint density at radius 2 is 1.27 bits per heavy atom. The molecule has 26 heavy (non-hydrogen) atoms. The quantitative estimate of drug-likeness (QED) is 0.482. The molecule has 6 nitrogen and oxygen atoms in total. The average Bonchev–Trinajstić information content (AvgIpc) is 3.15. The smallest absolute Gasteiger partial charge is 0.127 e. The van der Waals surface area contributed by atoms with E-state index in [1.54, 1.807) is 6.33 Å². The first kappa shape index (κ1) is 18.0. The molecule has 0 radical (unpaired) electrons. The van der Waals surface area contributed by atoms with E-state index >= 15 is 0 Å². The van der Waals surface area contributed by atoms with Gasteiger partial charge in [0.15, 0.2) is 0 Å². The molecule has 6 heteroatoms.